The number of nitrogens with zero attached hydrogens (tertiary/aromatic N) is 2. The van der Waals surface area contributed by atoms with Gasteiger partial charge in [-0.05, 0) is 20.8 Å². The minimum atomic E-state index is -0.237. The van der Waals surface area contributed by atoms with Gasteiger partial charge in [0.2, 0.25) is 0 Å². The Kier molecular flexibility index (Phi) is 4.97. The molecule has 0 aliphatic rings. The van der Waals surface area contributed by atoms with Gasteiger partial charge in [0.25, 0.3) is 0 Å². The molecule has 1 rings (SSSR count). The van der Waals surface area contributed by atoms with Crippen LogP contribution >= 0.6 is 0 Å². The number of aromatic nitrogens is 2. The number of rotatable bonds is 5. The van der Waals surface area contributed by atoms with Gasteiger partial charge in [-0.15, -0.1) is 0 Å². The third-order valence-corrected chi connectivity index (χ3v) is 3.29. The molecular weight excluding hydrogens is 252 g/mol. The molecule has 0 unspecified atom stereocenters. The van der Waals surface area contributed by atoms with E-state index in [4.69, 9.17) is 4.74 Å². The molecule has 0 radical (unpaired) electrons. The molecule has 0 fully saturated rings. The molecule has 0 spiro atoms. The quantitative estimate of drug-likeness (QED) is 0.868. The van der Waals surface area contributed by atoms with Crippen molar-refractivity contribution in [2.75, 3.05) is 31.3 Å². The fourth-order valence-electron chi connectivity index (χ4n) is 1.64. The molecule has 0 aliphatic carbocycles. The lowest BCUT2D eigenvalue weighted by Gasteiger charge is -2.25. The maximum absolute atomic E-state index is 5.43. The van der Waals surface area contributed by atoms with E-state index < -0.39 is 0 Å². The van der Waals surface area contributed by atoms with Crippen LogP contribution < -0.4 is 10.6 Å². The standard InChI is InChI=1S/C15H28N4O/c1-10-11(16-7)18-13(14(2,3)4)19-12(10)17-9-15(5,6)20-8/h9H2,1-8H3,(H2,16,17,18,19). The summed E-state index contributed by atoms with van der Waals surface area (Å²) in [5.41, 5.74) is 0.693. The van der Waals surface area contributed by atoms with Crippen LogP contribution in [0.2, 0.25) is 0 Å². The number of anilines is 2. The number of ether oxygens (including phenoxy) is 1. The molecule has 20 heavy (non-hydrogen) atoms. The summed E-state index contributed by atoms with van der Waals surface area (Å²) in [6.07, 6.45) is 0. The first-order chi connectivity index (χ1) is 9.10. The summed E-state index contributed by atoms with van der Waals surface area (Å²) in [4.78, 5) is 9.27. The summed E-state index contributed by atoms with van der Waals surface area (Å²) in [6, 6.07) is 0. The van der Waals surface area contributed by atoms with Gasteiger partial charge in [0.05, 0.1) is 5.60 Å². The largest absolute Gasteiger partial charge is 0.377 e. The van der Waals surface area contributed by atoms with E-state index in [1.807, 2.05) is 27.8 Å². The number of hydrogen-bond acceptors (Lipinski definition) is 5. The van der Waals surface area contributed by atoms with Crippen molar-refractivity contribution in [3.63, 3.8) is 0 Å². The summed E-state index contributed by atoms with van der Waals surface area (Å²) < 4.78 is 5.43. The smallest absolute Gasteiger partial charge is 0.138 e. The second kappa shape index (κ2) is 5.95. The molecule has 2 N–H and O–H groups in total. The first-order valence-corrected chi connectivity index (χ1v) is 6.96. The average Bonchev–Trinajstić information content (AvgIpc) is 2.36. The Morgan fingerprint density at radius 1 is 1.05 bits per heavy atom. The van der Waals surface area contributed by atoms with Crippen molar-refractivity contribution in [1.82, 2.24) is 9.97 Å². The normalized spacial score (nSPS) is 12.4. The van der Waals surface area contributed by atoms with Crippen molar-refractivity contribution in [3.8, 4) is 0 Å². The van der Waals surface area contributed by atoms with E-state index >= 15 is 0 Å². The van der Waals surface area contributed by atoms with Crippen LogP contribution in [-0.2, 0) is 10.2 Å². The average molecular weight is 280 g/mol. The molecule has 1 aromatic heterocycles. The van der Waals surface area contributed by atoms with Gasteiger partial charge in [0.15, 0.2) is 0 Å². The van der Waals surface area contributed by atoms with Crippen LogP contribution in [0.15, 0.2) is 0 Å². The minimum absolute atomic E-state index is 0.0908. The second-order valence-corrected chi connectivity index (χ2v) is 6.69. The maximum Gasteiger partial charge on any atom is 0.138 e. The Hall–Kier alpha value is -1.36. The highest BCUT2D eigenvalue weighted by Gasteiger charge is 2.22. The molecule has 5 heteroatoms. The van der Waals surface area contributed by atoms with E-state index in [1.165, 1.54) is 0 Å². The van der Waals surface area contributed by atoms with Crippen LogP contribution in [-0.4, -0.2) is 36.3 Å². The van der Waals surface area contributed by atoms with Crippen molar-refractivity contribution in [1.29, 1.82) is 0 Å². The van der Waals surface area contributed by atoms with Crippen LogP contribution in [0.3, 0.4) is 0 Å². The lowest BCUT2D eigenvalue weighted by molar-refractivity contribution is 0.0343. The summed E-state index contributed by atoms with van der Waals surface area (Å²) >= 11 is 0. The highest BCUT2D eigenvalue weighted by molar-refractivity contribution is 5.57. The number of hydrogen-bond donors (Lipinski definition) is 2. The number of nitrogens with one attached hydrogen (secondary N) is 2. The molecule has 1 aromatic rings. The zero-order valence-corrected chi connectivity index (χ0v) is 14.0. The molecular formula is C15H28N4O. The zero-order chi connectivity index (χ0) is 15.6. The predicted octanol–water partition coefficient (Wildman–Crippen LogP) is 2.96. The minimum Gasteiger partial charge on any atom is -0.377 e. The third kappa shape index (κ3) is 4.07. The molecule has 0 aliphatic heterocycles. The van der Waals surface area contributed by atoms with Gasteiger partial charge in [0.1, 0.15) is 17.5 Å². The fraction of sp³-hybridized carbons (Fsp3) is 0.733. The van der Waals surface area contributed by atoms with E-state index in [2.05, 4.69) is 41.4 Å². The first kappa shape index (κ1) is 16.7. The molecule has 114 valence electrons. The van der Waals surface area contributed by atoms with Crippen molar-refractivity contribution in [3.05, 3.63) is 11.4 Å². The SMILES string of the molecule is CNc1nc(C(C)(C)C)nc(NCC(C)(C)OC)c1C. The van der Waals surface area contributed by atoms with Crippen LogP contribution in [0.5, 0.6) is 0 Å². The monoisotopic (exact) mass is 280 g/mol. The van der Waals surface area contributed by atoms with E-state index in [0.717, 1.165) is 23.0 Å². The van der Waals surface area contributed by atoms with E-state index in [9.17, 15) is 0 Å². The summed E-state index contributed by atoms with van der Waals surface area (Å²) in [7, 11) is 3.60. The maximum atomic E-state index is 5.43. The van der Waals surface area contributed by atoms with E-state index in [-0.39, 0.29) is 11.0 Å². The molecule has 0 bridgehead atoms. The Morgan fingerprint density at radius 2 is 1.60 bits per heavy atom. The molecule has 0 atom stereocenters. The summed E-state index contributed by atoms with van der Waals surface area (Å²) in [6.45, 7) is 13.1. The molecule has 0 saturated heterocycles. The highest BCUT2D eigenvalue weighted by atomic mass is 16.5. The molecule has 0 saturated carbocycles. The van der Waals surface area contributed by atoms with Gasteiger partial charge in [-0.1, -0.05) is 20.8 Å². The van der Waals surface area contributed by atoms with Crippen LogP contribution in [0.4, 0.5) is 11.6 Å². The van der Waals surface area contributed by atoms with Crippen molar-refractivity contribution < 1.29 is 4.74 Å². The Morgan fingerprint density at radius 3 is 2.05 bits per heavy atom. The Balaban J connectivity index is 3.12. The number of methoxy groups -OCH3 is 1. The van der Waals surface area contributed by atoms with Gasteiger partial charge in [0, 0.05) is 31.7 Å². The zero-order valence-electron chi connectivity index (χ0n) is 14.0. The fourth-order valence-corrected chi connectivity index (χ4v) is 1.64. The Bertz CT molecular complexity index is 464. The summed E-state index contributed by atoms with van der Waals surface area (Å²) in [5, 5.41) is 6.51. The van der Waals surface area contributed by atoms with Crippen molar-refractivity contribution in [2.45, 2.75) is 52.6 Å². The third-order valence-electron chi connectivity index (χ3n) is 3.29. The molecule has 5 nitrogen and oxygen atoms in total. The van der Waals surface area contributed by atoms with Gasteiger partial charge in [-0.2, -0.15) is 0 Å². The first-order valence-electron chi connectivity index (χ1n) is 6.96. The second-order valence-electron chi connectivity index (χ2n) is 6.69. The van der Waals surface area contributed by atoms with Crippen LogP contribution in [0, 0.1) is 6.92 Å². The molecule has 0 aromatic carbocycles. The van der Waals surface area contributed by atoms with Crippen molar-refractivity contribution in [2.24, 2.45) is 0 Å². The van der Waals surface area contributed by atoms with E-state index in [1.54, 1.807) is 7.11 Å². The van der Waals surface area contributed by atoms with Gasteiger partial charge >= 0.3 is 0 Å². The Labute approximate surface area is 122 Å². The lowest BCUT2D eigenvalue weighted by Crippen LogP contribution is -2.33. The van der Waals surface area contributed by atoms with Crippen molar-refractivity contribution >= 4 is 11.6 Å². The predicted molar refractivity (Wildman–Crippen MR) is 84.6 cm³/mol. The van der Waals surface area contributed by atoms with E-state index in [0.29, 0.717) is 6.54 Å². The molecule has 0 amide bonds. The topological polar surface area (TPSA) is 59.1 Å². The van der Waals surface area contributed by atoms with Gasteiger partial charge in [-0.3, -0.25) is 0 Å². The van der Waals surface area contributed by atoms with Gasteiger partial charge < -0.3 is 15.4 Å². The van der Waals surface area contributed by atoms with Crippen LogP contribution in [0.1, 0.15) is 46.0 Å². The van der Waals surface area contributed by atoms with Gasteiger partial charge in [-0.25, -0.2) is 9.97 Å². The lowest BCUT2D eigenvalue weighted by atomic mass is 9.95. The highest BCUT2D eigenvalue weighted by Crippen LogP contribution is 2.26. The summed E-state index contributed by atoms with van der Waals surface area (Å²) in [5.74, 6) is 2.55. The molecule has 1 heterocycles. The van der Waals surface area contributed by atoms with Crippen LogP contribution in [0.25, 0.3) is 0 Å².